The zero-order chi connectivity index (χ0) is 22.6. The van der Waals surface area contributed by atoms with Crippen molar-refractivity contribution in [2.75, 3.05) is 6.61 Å². The lowest BCUT2D eigenvalue weighted by Crippen LogP contribution is -2.23. The Morgan fingerprint density at radius 1 is 1.16 bits per heavy atom. The number of aromatic nitrogens is 4. The van der Waals surface area contributed by atoms with E-state index in [0.717, 1.165) is 21.5 Å². The van der Waals surface area contributed by atoms with E-state index in [1.54, 1.807) is 18.2 Å². The van der Waals surface area contributed by atoms with Crippen LogP contribution in [0.3, 0.4) is 0 Å². The second kappa shape index (κ2) is 9.02. The minimum absolute atomic E-state index is 0.106. The van der Waals surface area contributed by atoms with Crippen molar-refractivity contribution in [3.05, 3.63) is 69.6 Å². The van der Waals surface area contributed by atoms with E-state index in [1.807, 2.05) is 6.92 Å². The molecule has 164 valence electrons. The van der Waals surface area contributed by atoms with E-state index < -0.39 is 17.4 Å². The summed E-state index contributed by atoms with van der Waals surface area (Å²) in [7, 11) is 1.47. The number of nitrogens with zero attached hydrogens (tertiary/aromatic N) is 5. The van der Waals surface area contributed by atoms with Crippen LogP contribution in [-0.2, 0) is 24.7 Å². The molecule has 0 radical (unpaired) electrons. The van der Waals surface area contributed by atoms with Crippen LogP contribution < -0.4 is 10.4 Å². The largest absolute Gasteiger partial charge is 0.493 e. The average Bonchev–Trinajstić information content (AvgIpc) is 3.07. The molecule has 1 aromatic heterocycles. The standard InChI is InChI=1S/C20H20F3N5O3/c1-4-30-18-10-6-9-17(28-19(29)27(3)25-26-28)16(18)12-31-24-13(2)14-7-5-8-15(11-14)20(21,22)23/h5-11H,4,12H2,1-3H3. The first-order chi connectivity index (χ1) is 14.7. The molecule has 8 nitrogen and oxygen atoms in total. The summed E-state index contributed by atoms with van der Waals surface area (Å²) in [5.41, 5.74) is 0.198. The number of halogens is 3. The number of oxime groups is 1. The molecule has 0 fully saturated rings. The Morgan fingerprint density at radius 3 is 2.55 bits per heavy atom. The number of tetrazole rings is 1. The van der Waals surface area contributed by atoms with Gasteiger partial charge in [-0.05, 0) is 54.1 Å². The maximum atomic E-state index is 12.9. The molecule has 0 N–H and O–H groups in total. The highest BCUT2D eigenvalue weighted by Crippen LogP contribution is 2.30. The predicted octanol–water partition coefficient (Wildman–Crippen LogP) is 3.32. The van der Waals surface area contributed by atoms with Crippen LogP contribution in [-0.4, -0.2) is 32.1 Å². The Labute approximate surface area is 175 Å². The average molecular weight is 435 g/mol. The maximum absolute atomic E-state index is 12.9. The summed E-state index contributed by atoms with van der Waals surface area (Å²) in [6.45, 7) is 3.61. The molecule has 3 aromatic rings. The van der Waals surface area contributed by atoms with Crippen molar-refractivity contribution in [3.8, 4) is 11.4 Å². The van der Waals surface area contributed by atoms with Gasteiger partial charge < -0.3 is 9.57 Å². The highest BCUT2D eigenvalue weighted by atomic mass is 19.4. The molecule has 0 amide bonds. The van der Waals surface area contributed by atoms with Crippen molar-refractivity contribution >= 4 is 5.71 Å². The maximum Gasteiger partial charge on any atom is 0.416 e. The quantitative estimate of drug-likeness (QED) is 0.420. The van der Waals surface area contributed by atoms with Gasteiger partial charge in [0.1, 0.15) is 12.4 Å². The van der Waals surface area contributed by atoms with Gasteiger partial charge in [-0.2, -0.15) is 22.5 Å². The predicted molar refractivity (Wildman–Crippen MR) is 106 cm³/mol. The van der Waals surface area contributed by atoms with E-state index in [2.05, 4.69) is 15.6 Å². The zero-order valence-electron chi connectivity index (χ0n) is 17.1. The molecule has 0 unspecified atom stereocenters. The lowest BCUT2D eigenvalue weighted by Gasteiger charge is -2.13. The third kappa shape index (κ3) is 4.93. The number of hydrogen-bond acceptors (Lipinski definition) is 6. The van der Waals surface area contributed by atoms with Crippen LogP contribution in [0.25, 0.3) is 5.69 Å². The van der Waals surface area contributed by atoms with Gasteiger partial charge in [0, 0.05) is 7.05 Å². The minimum Gasteiger partial charge on any atom is -0.493 e. The Balaban J connectivity index is 1.89. The van der Waals surface area contributed by atoms with Gasteiger partial charge in [0.15, 0.2) is 0 Å². The Morgan fingerprint density at radius 2 is 1.90 bits per heavy atom. The molecule has 31 heavy (non-hydrogen) atoms. The van der Waals surface area contributed by atoms with Gasteiger partial charge in [-0.25, -0.2) is 4.79 Å². The first-order valence-corrected chi connectivity index (χ1v) is 9.30. The van der Waals surface area contributed by atoms with Crippen LogP contribution >= 0.6 is 0 Å². The number of ether oxygens (including phenoxy) is 1. The van der Waals surface area contributed by atoms with E-state index in [-0.39, 0.29) is 17.9 Å². The molecule has 3 rings (SSSR count). The van der Waals surface area contributed by atoms with Gasteiger partial charge in [0.05, 0.1) is 29.1 Å². The van der Waals surface area contributed by atoms with Gasteiger partial charge in [0.25, 0.3) is 0 Å². The fourth-order valence-corrected chi connectivity index (χ4v) is 2.82. The van der Waals surface area contributed by atoms with Crippen LogP contribution in [0, 0.1) is 0 Å². The monoisotopic (exact) mass is 435 g/mol. The molecule has 1 heterocycles. The summed E-state index contributed by atoms with van der Waals surface area (Å²) >= 11 is 0. The molecule has 0 aliphatic heterocycles. The van der Waals surface area contributed by atoms with Gasteiger partial charge in [-0.15, -0.1) is 0 Å². The van der Waals surface area contributed by atoms with Crippen molar-refractivity contribution in [2.24, 2.45) is 12.2 Å². The summed E-state index contributed by atoms with van der Waals surface area (Å²) in [4.78, 5) is 17.7. The molecule has 0 saturated carbocycles. The molecule has 11 heteroatoms. The molecule has 0 aliphatic carbocycles. The lowest BCUT2D eigenvalue weighted by atomic mass is 10.1. The van der Waals surface area contributed by atoms with E-state index in [4.69, 9.17) is 9.57 Å². The minimum atomic E-state index is -4.45. The summed E-state index contributed by atoms with van der Waals surface area (Å²) < 4.78 is 46.6. The van der Waals surface area contributed by atoms with Gasteiger partial charge in [-0.3, -0.25) is 0 Å². The van der Waals surface area contributed by atoms with E-state index in [1.165, 1.54) is 26.1 Å². The van der Waals surface area contributed by atoms with Crippen LogP contribution in [0.15, 0.2) is 52.4 Å². The molecule has 0 aliphatic rings. The number of alkyl halides is 3. The third-order valence-corrected chi connectivity index (χ3v) is 4.38. The van der Waals surface area contributed by atoms with Crippen LogP contribution in [0.5, 0.6) is 5.75 Å². The molecule has 0 atom stereocenters. The van der Waals surface area contributed by atoms with Crippen molar-refractivity contribution in [1.29, 1.82) is 0 Å². The van der Waals surface area contributed by atoms with Crippen molar-refractivity contribution in [2.45, 2.75) is 26.6 Å². The fourth-order valence-electron chi connectivity index (χ4n) is 2.82. The fraction of sp³-hybridized carbons (Fsp3) is 0.300. The highest BCUT2D eigenvalue weighted by Gasteiger charge is 2.30. The van der Waals surface area contributed by atoms with Gasteiger partial charge in [0.2, 0.25) is 0 Å². The summed E-state index contributed by atoms with van der Waals surface area (Å²) in [6, 6.07) is 9.86. The topological polar surface area (TPSA) is 83.5 Å². The van der Waals surface area contributed by atoms with Crippen molar-refractivity contribution in [3.63, 3.8) is 0 Å². The Kier molecular flexibility index (Phi) is 6.42. The zero-order valence-corrected chi connectivity index (χ0v) is 17.1. The first kappa shape index (κ1) is 22.1. The normalized spacial score (nSPS) is 12.1. The van der Waals surface area contributed by atoms with Gasteiger partial charge in [-0.1, -0.05) is 23.4 Å². The van der Waals surface area contributed by atoms with Crippen LogP contribution in [0.4, 0.5) is 13.2 Å². The summed E-state index contributed by atoms with van der Waals surface area (Å²) in [6.07, 6.45) is -4.45. The molecular weight excluding hydrogens is 415 g/mol. The summed E-state index contributed by atoms with van der Waals surface area (Å²) in [5, 5.41) is 11.5. The van der Waals surface area contributed by atoms with E-state index in [9.17, 15) is 18.0 Å². The molecule has 0 saturated heterocycles. The Bertz CT molecular complexity index is 1150. The van der Waals surface area contributed by atoms with Crippen molar-refractivity contribution in [1.82, 2.24) is 19.8 Å². The molecule has 0 spiro atoms. The SMILES string of the molecule is CCOc1cccc(-n2nnn(C)c2=O)c1CON=C(C)c1cccc(C(F)(F)F)c1. The number of aryl methyl sites for hydroxylation is 1. The number of rotatable bonds is 7. The first-order valence-electron chi connectivity index (χ1n) is 9.30. The smallest absolute Gasteiger partial charge is 0.416 e. The van der Waals surface area contributed by atoms with Gasteiger partial charge >= 0.3 is 11.9 Å². The van der Waals surface area contributed by atoms with Crippen molar-refractivity contribution < 1.29 is 22.7 Å². The number of hydrogen-bond donors (Lipinski definition) is 0. The Hall–Kier alpha value is -3.63. The molecular formula is C20H20F3N5O3. The lowest BCUT2D eigenvalue weighted by molar-refractivity contribution is -0.137. The van der Waals surface area contributed by atoms with E-state index in [0.29, 0.717) is 23.6 Å². The highest BCUT2D eigenvalue weighted by molar-refractivity contribution is 5.98. The second-order valence-corrected chi connectivity index (χ2v) is 6.51. The third-order valence-electron chi connectivity index (χ3n) is 4.38. The van der Waals surface area contributed by atoms with Crippen LogP contribution in [0.2, 0.25) is 0 Å². The van der Waals surface area contributed by atoms with E-state index >= 15 is 0 Å². The molecule has 0 bridgehead atoms. The van der Waals surface area contributed by atoms with Crippen LogP contribution in [0.1, 0.15) is 30.5 Å². The molecule has 2 aromatic carbocycles. The summed E-state index contributed by atoms with van der Waals surface area (Å²) in [5.74, 6) is 0.462. The number of benzene rings is 2. The second-order valence-electron chi connectivity index (χ2n) is 6.51.